The second-order valence-electron chi connectivity index (χ2n) is 5.12. The summed E-state index contributed by atoms with van der Waals surface area (Å²) in [4.78, 5) is 11.3. The maximum atomic E-state index is 12.8. The fourth-order valence-electron chi connectivity index (χ4n) is 2.66. The molecule has 5 nitrogen and oxygen atoms in total. The molecule has 1 N–H and O–H groups in total. The van der Waals surface area contributed by atoms with Crippen LogP contribution >= 0.6 is 22.6 Å². The van der Waals surface area contributed by atoms with Crippen LogP contribution in [0.25, 0.3) is 0 Å². The average Bonchev–Trinajstić information content (AvgIpc) is 2.47. The predicted molar refractivity (Wildman–Crippen MR) is 87.9 cm³/mol. The van der Waals surface area contributed by atoms with Gasteiger partial charge in [0.15, 0.2) is 0 Å². The maximum absolute atomic E-state index is 12.8. The number of hydrogen-bond donors (Lipinski definition) is 1. The first-order valence-corrected chi connectivity index (χ1v) is 9.44. The number of rotatable bonds is 4. The monoisotopic (exact) mass is 423 g/mol. The van der Waals surface area contributed by atoms with Gasteiger partial charge in [0.25, 0.3) is 0 Å². The molecule has 1 unspecified atom stereocenters. The summed E-state index contributed by atoms with van der Waals surface area (Å²) in [6.45, 7) is 2.49. The number of nitrogens with zero attached hydrogens (tertiary/aromatic N) is 1. The van der Waals surface area contributed by atoms with Gasteiger partial charge in [-0.2, -0.15) is 4.31 Å². The van der Waals surface area contributed by atoms with Crippen LogP contribution in [0.3, 0.4) is 0 Å². The van der Waals surface area contributed by atoms with Crippen LogP contribution in [0, 0.1) is 3.57 Å². The molecule has 0 radical (unpaired) electrons. The summed E-state index contributed by atoms with van der Waals surface area (Å²) in [5.74, 6) is -1.11. The average molecular weight is 423 g/mol. The number of sulfonamides is 1. The Morgan fingerprint density at radius 1 is 1.43 bits per heavy atom. The predicted octanol–water partition coefficient (Wildman–Crippen LogP) is 2.94. The van der Waals surface area contributed by atoms with Gasteiger partial charge in [-0.05, 0) is 60.1 Å². The summed E-state index contributed by atoms with van der Waals surface area (Å²) < 4.78 is 27.6. The molecule has 1 fully saturated rings. The third-order valence-electron chi connectivity index (χ3n) is 3.82. The molecule has 1 aliphatic heterocycles. The zero-order valence-corrected chi connectivity index (χ0v) is 14.7. The smallest absolute Gasteiger partial charge is 0.336 e. The van der Waals surface area contributed by atoms with E-state index in [0.717, 1.165) is 25.7 Å². The summed E-state index contributed by atoms with van der Waals surface area (Å²) in [6, 6.07) is 4.31. The molecule has 0 saturated carbocycles. The fourth-order valence-corrected chi connectivity index (χ4v) is 5.02. The Hall–Kier alpha value is -0.670. The number of hydrogen-bond acceptors (Lipinski definition) is 3. The lowest BCUT2D eigenvalue weighted by atomic mass is 10.0. The first-order valence-electron chi connectivity index (χ1n) is 6.92. The number of piperidine rings is 1. The second kappa shape index (κ2) is 6.62. The van der Waals surface area contributed by atoms with Gasteiger partial charge in [-0.15, -0.1) is 0 Å². The lowest BCUT2D eigenvalue weighted by Crippen LogP contribution is -2.43. The fraction of sp³-hybridized carbons (Fsp3) is 0.500. The Labute approximate surface area is 138 Å². The summed E-state index contributed by atoms with van der Waals surface area (Å²) >= 11 is 1.90. The van der Waals surface area contributed by atoms with Crippen molar-refractivity contribution in [2.24, 2.45) is 0 Å². The van der Waals surface area contributed by atoms with Crippen LogP contribution < -0.4 is 0 Å². The van der Waals surface area contributed by atoms with E-state index >= 15 is 0 Å². The maximum Gasteiger partial charge on any atom is 0.336 e. The van der Waals surface area contributed by atoms with Crippen molar-refractivity contribution in [2.45, 2.75) is 43.5 Å². The van der Waals surface area contributed by atoms with E-state index in [1.165, 1.54) is 16.4 Å². The molecule has 0 amide bonds. The van der Waals surface area contributed by atoms with Crippen LogP contribution in [0.1, 0.15) is 43.0 Å². The van der Waals surface area contributed by atoms with E-state index in [9.17, 15) is 13.2 Å². The first-order chi connectivity index (χ1) is 9.87. The summed E-state index contributed by atoms with van der Waals surface area (Å²) in [7, 11) is -3.63. The largest absolute Gasteiger partial charge is 0.478 e. The molecule has 116 valence electrons. The van der Waals surface area contributed by atoms with Crippen LogP contribution in [0.4, 0.5) is 0 Å². The van der Waals surface area contributed by atoms with Gasteiger partial charge in [0, 0.05) is 16.2 Å². The number of halogens is 1. The highest BCUT2D eigenvalue weighted by atomic mass is 127. The Balaban J connectivity index is 2.43. The zero-order chi connectivity index (χ0) is 15.6. The number of aromatic carboxylic acids is 1. The second-order valence-corrected chi connectivity index (χ2v) is 8.17. The Bertz CT molecular complexity index is 644. The van der Waals surface area contributed by atoms with Crippen molar-refractivity contribution in [1.82, 2.24) is 4.31 Å². The molecule has 1 atom stereocenters. The first kappa shape index (κ1) is 16.7. The molecule has 0 spiro atoms. The molecule has 0 aromatic heterocycles. The van der Waals surface area contributed by atoms with Gasteiger partial charge in [-0.25, -0.2) is 13.2 Å². The SMILES string of the molecule is CCC1CCCCN1S(=O)(=O)c1ccc(I)c(C(=O)O)c1. The van der Waals surface area contributed by atoms with E-state index in [-0.39, 0.29) is 16.5 Å². The van der Waals surface area contributed by atoms with Crippen molar-refractivity contribution in [3.63, 3.8) is 0 Å². The van der Waals surface area contributed by atoms with Crippen molar-refractivity contribution in [1.29, 1.82) is 0 Å². The molecule has 2 rings (SSSR count). The number of benzene rings is 1. The molecule has 1 heterocycles. The number of carboxylic acid groups (broad SMARTS) is 1. The van der Waals surface area contributed by atoms with Gasteiger partial charge in [0.2, 0.25) is 10.0 Å². The van der Waals surface area contributed by atoms with E-state index in [2.05, 4.69) is 0 Å². The molecule has 0 bridgehead atoms. The standard InChI is InChI=1S/C14H18INO4S/c1-2-10-5-3-4-8-16(10)21(19,20)11-6-7-13(15)12(9-11)14(17)18/h6-7,9-10H,2-5,8H2,1H3,(H,17,18). The van der Waals surface area contributed by atoms with Gasteiger partial charge in [-0.3, -0.25) is 0 Å². The third kappa shape index (κ3) is 3.40. The highest BCUT2D eigenvalue weighted by Gasteiger charge is 2.33. The summed E-state index contributed by atoms with van der Waals surface area (Å²) in [5.41, 5.74) is 0.0294. The van der Waals surface area contributed by atoms with Gasteiger partial charge >= 0.3 is 5.97 Å². The molecule has 1 saturated heterocycles. The molecule has 1 aromatic rings. The van der Waals surface area contributed by atoms with Crippen molar-refractivity contribution >= 4 is 38.6 Å². The topological polar surface area (TPSA) is 74.7 Å². The number of carbonyl (C=O) groups is 1. The van der Waals surface area contributed by atoms with E-state index in [0.29, 0.717) is 10.1 Å². The molecule has 0 aliphatic carbocycles. The molecule has 1 aromatic carbocycles. The highest BCUT2D eigenvalue weighted by Crippen LogP contribution is 2.28. The van der Waals surface area contributed by atoms with Gasteiger partial charge in [0.1, 0.15) is 0 Å². The Morgan fingerprint density at radius 3 is 2.76 bits per heavy atom. The van der Waals surface area contributed by atoms with Crippen LogP contribution in [0.5, 0.6) is 0 Å². The quantitative estimate of drug-likeness (QED) is 0.756. The third-order valence-corrected chi connectivity index (χ3v) is 6.71. The van der Waals surface area contributed by atoms with Crippen molar-refractivity contribution < 1.29 is 18.3 Å². The van der Waals surface area contributed by atoms with Gasteiger partial charge in [0.05, 0.1) is 10.5 Å². The molecular weight excluding hydrogens is 405 g/mol. The zero-order valence-electron chi connectivity index (χ0n) is 11.8. The van der Waals surface area contributed by atoms with E-state index in [4.69, 9.17) is 5.11 Å². The lowest BCUT2D eigenvalue weighted by Gasteiger charge is -2.34. The van der Waals surface area contributed by atoms with Gasteiger partial charge < -0.3 is 5.11 Å². The summed E-state index contributed by atoms with van der Waals surface area (Å²) in [6.07, 6.45) is 3.53. The molecule has 7 heteroatoms. The minimum Gasteiger partial charge on any atom is -0.478 e. The number of carboxylic acids is 1. The van der Waals surface area contributed by atoms with Gasteiger partial charge in [-0.1, -0.05) is 13.3 Å². The molecule has 21 heavy (non-hydrogen) atoms. The van der Waals surface area contributed by atoms with Crippen molar-refractivity contribution in [3.05, 3.63) is 27.3 Å². The van der Waals surface area contributed by atoms with Crippen molar-refractivity contribution in [3.8, 4) is 0 Å². The Kier molecular flexibility index (Phi) is 5.26. The van der Waals surface area contributed by atoms with Crippen LogP contribution in [0.2, 0.25) is 0 Å². The summed E-state index contributed by atoms with van der Waals surface area (Å²) in [5, 5.41) is 9.15. The normalized spacial score (nSPS) is 20.4. The minimum absolute atomic E-state index is 0.0105. The Morgan fingerprint density at radius 2 is 2.14 bits per heavy atom. The van der Waals surface area contributed by atoms with Crippen LogP contribution in [-0.4, -0.2) is 36.4 Å². The van der Waals surface area contributed by atoms with E-state index in [1.807, 2.05) is 29.5 Å². The van der Waals surface area contributed by atoms with E-state index < -0.39 is 16.0 Å². The van der Waals surface area contributed by atoms with Crippen LogP contribution in [0.15, 0.2) is 23.1 Å². The van der Waals surface area contributed by atoms with E-state index in [1.54, 1.807) is 6.07 Å². The molecule has 1 aliphatic rings. The lowest BCUT2D eigenvalue weighted by molar-refractivity contribution is 0.0695. The minimum atomic E-state index is -3.63. The van der Waals surface area contributed by atoms with Crippen LogP contribution in [-0.2, 0) is 10.0 Å². The van der Waals surface area contributed by atoms with Crippen molar-refractivity contribution in [2.75, 3.05) is 6.54 Å². The highest BCUT2D eigenvalue weighted by molar-refractivity contribution is 14.1. The molecular formula is C14H18INO4S.